The van der Waals surface area contributed by atoms with E-state index in [9.17, 15) is 0 Å². The quantitative estimate of drug-likeness (QED) is 0.578. The van der Waals surface area contributed by atoms with Crippen molar-refractivity contribution in [1.29, 1.82) is 0 Å². The zero-order valence-electron chi connectivity index (χ0n) is 13.2. The smallest absolute Gasteiger partial charge is 0.0673 e. The lowest BCUT2D eigenvalue weighted by Gasteiger charge is -2.23. The van der Waals surface area contributed by atoms with Crippen LogP contribution in [-0.4, -0.2) is 6.04 Å². The van der Waals surface area contributed by atoms with E-state index in [0.717, 1.165) is 0 Å². The summed E-state index contributed by atoms with van der Waals surface area (Å²) in [5.74, 6) is 0. The van der Waals surface area contributed by atoms with Crippen molar-refractivity contribution < 1.29 is 0 Å². The molecule has 2 rings (SSSR count). The lowest BCUT2D eigenvalue weighted by atomic mass is 10.0. The summed E-state index contributed by atoms with van der Waals surface area (Å²) in [5, 5.41) is 5.99. The molecule has 2 atom stereocenters. The monoisotopic (exact) mass is 301 g/mol. The van der Waals surface area contributed by atoms with Gasteiger partial charge in [0.2, 0.25) is 0 Å². The van der Waals surface area contributed by atoms with Crippen LogP contribution >= 0.6 is 11.3 Å². The Kier molecular flexibility index (Phi) is 6.98. The molecule has 2 aromatic rings. The largest absolute Gasteiger partial charge is 0.303 e. The van der Waals surface area contributed by atoms with E-state index < -0.39 is 0 Å². The average molecular weight is 301 g/mol. The molecule has 0 aliphatic heterocycles. The number of hydrogen-bond acceptors (Lipinski definition) is 2. The fourth-order valence-electron chi connectivity index (χ4n) is 2.69. The number of hydrogen-bond donors (Lipinski definition) is 1. The van der Waals surface area contributed by atoms with Crippen LogP contribution in [0.15, 0.2) is 47.8 Å². The van der Waals surface area contributed by atoms with Gasteiger partial charge >= 0.3 is 0 Å². The van der Waals surface area contributed by atoms with Crippen LogP contribution in [-0.2, 0) is 0 Å². The maximum absolute atomic E-state index is 3.82. The lowest BCUT2D eigenvalue weighted by molar-refractivity contribution is 0.454. The summed E-state index contributed by atoms with van der Waals surface area (Å²) >= 11 is 1.84. The van der Waals surface area contributed by atoms with Gasteiger partial charge in [0.15, 0.2) is 0 Å². The first-order valence-electron chi connectivity index (χ1n) is 8.15. The van der Waals surface area contributed by atoms with Gasteiger partial charge in [-0.1, -0.05) is 69.0 Å². The van der Waals surface area contributed by atoms with Gasteiger partial charge in [0.25, 0.3) is 0 Å². The first-order chi connectivity index (χ1) is 10.3. The van der Waals surface area contributed by atoms with E-state index >= 15 is 0 Å². The van der Waals surface area contributed by atoms with Gasteiger partial charge in [0.1, 0.15) is 0 Å². The third kappa shape index (κ3) is 5.29. The molecule has 2 unspecified atom stereocenters. The van der Waals surface area contributed by atoms with Crippen LogP contribution in [0.2, 0.25) is 0 Å². The molecule has 1 nitrogen and oxygen atoms in total. The van der Waals surface area contributed by atoms with E-state index in [0.29, 0.717) is 12.1 Å². The van der Waals surface area contributed by atoms with E-state index in [2.05, 4.69) is 67.0 Å². The first kappa shape index (κ1) is 16.3. The molecule has 1 N–H and O–H groups in total. The average Bonchev–Trinajstić information content (AvgIpc) is 3.04. The van der Waals surface area contributed by atoms with Crippen molar-refractivity contribution in [2.24, 2.45) is 0 Å². The maximum atomic E-state index is 3.82. The third-order valence-electron chi connectivity index (χ3n) is 3.90. The van der Waals surface area contributed by atoms with Gasteiger partial charge < -0.3 is 5.32 Å². The molecule has 0 bridgehead atoms. The normalized spacial score (nSPS) is 14.0. The molecule has 1 aromatic heterocycles. The predicted molar refractivity (Wildman–Crippen MR) is 94.0 cm³/mol. The Morgan fingerprint density at radius 1 is 1.00 bits per heavy atom. The lowest BCUT2D eigenvalue weighted by Crippen LogP contribution is -2.30. The molecule has 114 valence electrons. The van der Waals surface area contributed by atoms with Crippen LogP contribution in [0, 0.1) is 0 Å². The number of benzene rings is 1. The molecule has 0 spiro atoms. The summed E-state index contributed by atoms with van der Waals surface area (Å²) in [6, 6.07) is 16.0. The third-order valence-corrected chi connectivity index (χ3v) is 4.84. The van der Waals surface area contributed by atoms with Gasteiger partial charge in [-0.25, -0.2) is 0 Å². The minimum absolute atomic E-state index is 0.326. The molecule has 0 saturated carbocycles. The Bertz CT molecular complexity index is 478. The maximum Gasteiger partial charge on any atom is 0.0673 e. The SMILES string of the molecule is CCCCCCC(C)NC(c1ccccc1)c1cccs1. The van der Waals surface area contributed by atoms with Gasteiger partial charge in [-0.2, -0.15) is 0 Å². The Morgan fingerprint density at radius 3 is 2.48 bits per heavy atom. The molecule has 0 saturated heterocycles. The zero-order valence-corrected chi connectivity index (χ0v) is 14.0. The molecule has 0 radical (unpaired) electrons. The summed E-state index contributed by atoms with van der Waals surface area (Å²) in [7, 11) is 0. The summed E-state index contributed by atoms with van der Waals surface area (Å²) in [6.45, 7) is 4.58. The minimum Gasteiger partial charge on any atom is -0.303 e. The number of thiophene rings is 1. The number of rotatable bonds is 9. The van der Waals surface area contributed by atoms with Crippen molar-refractivity contribution >= 4 is 11.3 Å². The number of nitrogens with one attached hydrogen (secondary N) is 1. The second-order valence-corrected chi connectivity index (χ2v) is 6.76. The fourth-order valence-corrected chi connectivity index (χ4v) is 3.50. The van der Waals surface area contributed by atoms with Crippen LogP contribution in [0.4, 0.5) is 0 Å². The molecule has 0 aliphatic rings. The van der Waals surface area contributed by atoms with E-state index in [-0.39, 0.29) is 0 Å². The second-order valence-electron chi connectivity index (χ2n) is 5.78. The van der Waals surface area contributed by atoms with Gasteiger partial charge in [0.05, 0.1) is 6.04 Å². The van der Waals surface area contributed by atoms with E-state index in [1.54, 1.807) is 0 Å². The molecule has 2 heteroatoms. The molecule has 1 heterocycles. The van der Waals surface area contributed by atoms with Crippen molar-refractivity contribution in [3.63, 3.8) is 0 Å². The highest BCUT2D eigenvalue weighted by Gasteiger charge is 2.16. The van der Waals surface area contributed by atoms with Gasteiger partial charge in [-0.05, 0) is 30.4 Å². The highest BCUT2D eigenvalue weighted by atomic mass is 32.1. The van der Waals surface area contributed by atoms with Gasteiger partial charge in [0, 0.05) is 10.9 Å². The first-order valence-corrected chi connectivity index (χ1v) is 9.03. The second kappa shape index (κ2) is 9.01. The molecule has 21 heavy (non-hydrogen) atoms. The predicted octanol–water partition coefficient (Wildman–Crippen LogP) is 5.79. The highest BCUT2D eigenvalue weighted by Crippen LogP contribution is 2.26. The fraction of sp³-hybridized carbons (Fsp3) is 0.474. The summed E-state index contributed by atoms with van der Waals surface area (Å²) in [6.07, 6.45) is 6.61. The Morgan fingerprint density at radius 2 is 1.81 bits per heavy atom. The summed E-state index contributed by atoms with van der Waals surface area (Å²) in [5.41, 5.74) is 1.36. The molecular formula is C19H27NS. The molecular weight excluding hydrogens is 274 g/mol. The molecule has 0 amide bonds. The molecule has 1 aromatic carbocycles. The Balaban J connectivity index is 1.97. The van der Waals surface area contributed by atoms with Crippen LogP contribution in [0.3, 0.4) is 0 Å². The number of unbranched alkanes of at least 4 members (excludes halogenated alkanes) is 3. The Labute approximate surface area is 133 Å². The van der Waals surface area contributed by atoms with Crippen molar-refractivity contribution in [2.45, 2.75) is 58.0 Å². The summed E-state index contributed by atoms with van der Waals surface area (Å²) < 4.78 is 0. The van der Waals surface area contributed by atoms with Crippen LogP contribution in [0.5, 0.6) is 0 Å². The van der Waals surface area contributed by atoms with Gasteiger partial charge in [-0.3, -0.25) is 0 Å². The Hall–Kier alpha value is -1.12. The highest BCUT2D eigenvalue weighted by molar-refractivity contribution is 7.10. The zero-order chi connectivity index (χ0) is 14.9. The van der Waals surface area contributed by atoms with Crippen LogP contribution in [0.25, 0.3) is 0 Å². The topological polar surface area (TPSA) is 12.0 Å². The van der Waals surface area contributed by atoms with Crippen LogP contribution in [0.1, 0.15) is 62.4 Å². The van der Waals surface area contributed by atoms with Crippen molar-refractivity contribution in [1.82, 2.24) is 5.32 Å². The molecule has 0 fully saturated rings. The van der Waals surface area contributed by atoms with E-state index in [4.69, 9.17) is 0 Å². The van der Waals surface area contributed by atoms with E-state index in [1.807, 2.05) is 11.3 Å². The van der Waals surface area contributed by atoms with Crippen molar-refractivity contribution in [3.8, 4) is 0 Å². The standard InChI is InChI=1S/C19H27NS/c1-3-4-5-7-11-16(2)20-19(18-14-10-15-21-18)17-12-8-6-9-13-17/h6,8-10,12-16,19-20H,3-5,7,11H2,1-2H3. The van der Waals surface area contributed by atoms with Gasteiger partial charge in [-0.15, -0.1) is 11.3 Å². The van der Waals surface area contributed by atoms with Crippen molar-refractivity contribution in [2.75, 3.05) is 0 Å². The van der Waals surface area contributed by atoms with Crippen LogP contribution < -0.4 is 5.32 Å². The summed E-state index contributed by atoms with van der Waals surface area (Å²) in [4.78, 5) is 1.40. The minimum atomic E-state index is 0.326. The van der Waals surface area contributed by atoms with Crippen molar-refractivity contribution in [3.05, 3.63) is 58.3 Å². The molecule has 0 aliphatic carbocycles. The van der Waals surface area contributed by atoms with E-state index in [1.165, 1.54) is 42.5 Å².